The van der Waals surface area contributed by atoms with E-state index in [9.17, 15) is 14.9 Å². The number of anilines is 1. The Morgan fingerprint density at radius 2 is 2.35 bits per heavy atom. The molecular weight excluding hydrogens is 258 g/mol. The van der Waals surface area contributed by atoms with Gasteiger partial charge in [-0.2, -0.15) is 0 Å². The third-order valence-electron chi connectivity index (χ3n) is 3.57. The highest BCUT2D eigenvalue weighted by molar-refractivity contribution is 5.93. The molecule has 0 spiro atoms. The fraction of sp³-hybridized carbons (Fsp3) is 0.500. The molecule has 1 aromatic carbocycles. The number of hydrogen-bond acceptors (Lipinski definition) is 4. The summed E-state index contributed by atoms with van der Waals surface area (Å²) in [5, 5.41) is 16.9. The molecule has 20 heavy (non-hydrogen) atoms. The van der Waals surface area contributed by atoms with E-state index in [1.165, 1.54) is 6.07 Å². The van der Waals surface area contributed by atoms with E-state index in [2.05, 4.69) is 10.6 Å². The lowest BCUT2D eigenvalue weighted by atomic mass is 10.0. The van der Waals surface area contributed by atoms with Crippen molar-refractivity contribution in [3.8, 4) is 0 Å². The first-order valence-corrected chi connectivity index (χ1v) is 6.82. The predicted molar refractivity (Wildman–Crippen MR) is 76.7 cm³/mol. The number of hydrogen-bond donors (Lipinski definition) is 2. The zero-order chi connectivity index (χ0) is 14.5. The molecule has 1 aromatic rings. The van der Waals surface area contributed by atoms with Crippen LogP contribution in [0.5, 0.6) is 0 Å². The van der Waals surface area contributed by atoms with Gasteiger partial charge >= 0.3 is 0 Å². The second-order valence-electron chi connectivity index (χ2n) is 5.22. The van der Waals surface area contributed by atoms with E-state index in [0.29, 0.717) is 12.3 Å². The molecule has 2 rings (SSSR count). The molecule has 1 aliphatic heterocycles. The summed E-state index contributed by atoms with van der Waals surface area (Å²) in [4.78, 5) is 22.4. The number of aryl methyl sites for hydroxylation is 1. The standard InChI is InChI=1S/C14H19N3O3/c1-10-2-4-12(13(8-10)17(19)20)16-14(18)5-3-11-6-7-15-9-11/h2,4,8,11,15H,3,5-7,9H2,1H3,(H,16,18). The molecule has 1 aliphatic rings. The minimum absolute atomic E-state index is 0.0547. The van der Waals surface area contributed by atoms with Crippen molar-refractivity contribution in [2.75, 3.05) is 18.4 Å². The largest absolute Gasteiger partial charge is 0.320 e. The van der Waals surface area contributed by atoms with Gasteiger partial charge in [0, 0.05) is 12.5 Å². The number of carbonyl (C=O) groups excluding carboxylic acids is 1. The van der Waals surface area contributed by atoms with Gasteiger partial charge in [0.1, 0.15) is 5.69 Å². The second-order valence-corrected chi connectivity index (χ2v) is 5.22. The average Bonchev–Trinajstić information content (AvgIpc) is 2.91. The Morgan fingerprint density at radius 3 is 3.00 bits per heavy atom. The Bertz CT molecular complexity index is 510. The predicted octanol–water partition coefficient (Wildman–Crippen LogP) is 2.23. The fourth-order valence-corrected chi connectivity index (χ4v) is 2.41. The summed E-state index contributed by atoms with van der Waals surface area (Å²) in [5.41, 5.74) is 1.02. The van der Waals surface area contributed by atoms with Crippen molar-refractivity contribution in [3.05, 3.63) is 33.9 Å². The molecule has 1 amide bonds. The van der Waals surface area contributed by atoms with Crippen molar-refractivity contribution < 1.29 is 9.72 Å². The Labute approximate surface area is 117 Å². The molecule has 108 valence electrons. The number of nitro groups is 1. The average molecular weight is 277 g/mol. The molecule has 1 saturated heterocycles. The zero-order valence-electron chi connectivity index (χ0n) is 11.5. The molecule has 1 fully saturated rings. The summed E-state index contributed by atoms with van der Waals surface area (Å²) in [6.07, 6.45) is 2.31. The second kappa shape index (κ2) is 6.47. The van der Waals surface area contributed by atoms with Crippen LogP contribution in [0.2, 0.25) is 0 Å². The van der Waals surface area contributed by atoms with Gasteiger partial charge in [-0.25, -0.2) is 0 Å². The smallest absolute Gasteiger partial charge is 0.293 e. The molecule has 6 heteroatoms. The highest BCUT2D eigenvalue weighted by atomic mass is 16.6. The first kappa shape index (κ1) is 14.5. The number of nitrogens with zero attached hydrogens (tertiary/aromatic N) is 1. The SMILES string of the molecule is Cc1ccc(NC(=O)CCC2CCNC2)c([N+](=O)[O-])c1. The van der Waals surface area contributed by atoms with E-state index in [1.54, 1.807) is 19.1 Å². The third kappa shape index (κ3) is 3.77. The topological polar surface area (TPSA) is 84.3 Å². The summed E-state index contributed by atoms with van der Waals surface area (Å²) >= 11 is 0. The van der Waals surface area contributed by atoms with Gasteiger partial charge in [0.15, 0.2) is 0 Å². The molecule has 0 radical (unpaired) electrons. The molecule has 0 aromatic heterocycles. The van der Waals surface area contributed by atoms with Crippen molar-refractivity contribution >= 4 is 17.3 Å². The number of benzene rings is 1. The molecule has 1 heterocycles. The summed E-state index contributed by atoms with van der Waals surface area (Å²) in [6.45, 7) is 3.75. The molecular formula is C14H19N3O3. The van der Waals surface area contributed by atoms with Crippen molar-refractivity contribution in [1.29, 1.82) is 0 Å². The molecule has 0 bridgehead atoms. The summed E-state index contributed by atoms with van der Waals surface area (Å²) in [6, 6.07) is 4.81. The summed E-state index contributed by atoms with van der Waals surface area (Å²) in [7, 11) is 0. The maximum absolute atomic E-state index is 11.9. The fourth-order valence-electron chi connectivity index (χ4n) is 2.41. The van der Waals surface area contributed by atoms with Crippen LogP contribution in [0.25, 0.3) is 0 Å². The molecule has 2 N–H and O–H groups in total. The van der Waals surface area contributed by atoms with Crippen LogP contribution in [0.4, 0.5) is 11.4 Å². The van der Waals surface area contributed by atoms with E-state index in [-0.39, 0.29) is 17.3 Å². The van der Waals surface area contributed by atoms with Crippen molar-refractivity contribution in [2.24, 2.45) is 5.92 Å². The van der Waals surface area contributed by atoms with E-state index >= 15 is 0 Å². The van der Waals surface area contributed by atoms with Gasteiger partial charge in [-0.05, 0) is 50.4 Å². The zero-order valence-corrected chi connectivity index (χ0v) is 11.5. The van der Waals surface area contributed by atoms with E-state index in [4.69, 9.17) is 0 Å². The summed E-state index contributed by atoms with van der Waals surface area (Å²) in [5.74, 6) is 0.373. The van der Waals surface area contributed by atoms with Crippen LogP contribution in [-0.2, 0) is 4.79 Å². The molecule has 1 unspecified atom stereocenters. The van der Waals surface area contributed by atoms with E-state index in [0.717, 1.165) is 31.5 Å². The maximum atomic E-state index is 11.9. The summed E-state index contributed by atoms with van der Waals surface area (Å²) < 4.78 is 0. The Kier molecular flexibility index (Phi) is 4.68. The lowest BCUT2D eigenvalue weighted by molar-refractivity contribution is -0.384. The Balaban J connectivity index is 1.94. The van der Waals surface area contributed by atoms with Crippen molar-refractivity contribution in [1.82, 2.24) is 5.32 Å². The van der Waals surface area contributed by atoms with Gasteiger partial charge in [-0.15, -0.1) is 0 Å². The van der Waals surface area contributed by atoms with Crippen LogP contribution in [0.3, 0.4) is 0 Å². The Morgan fingerprint density at radius 1 is 1.55 bits per heavy atom. The number of rotatable bonds is 5. The minimum atomic E-state index is -0.469. The van der Waals surface area contributed by atoms with Crippen LogP contribution >= 0.6 is 0 Å². The normalized spacial score (nSPS) is 17.9. The maximum Gasteiger partial charge on any atom is 0.293 e. The van der Waals surface area contributed by atoms with Crippen molar-refractivity contribution in [3.63, 3.8) is 0 Å². The van der Waals surface area contributed by atoms with Crippen molar-refractivity contribution in [2.45, 2.75) is 26.2 Å². The number of amides is 1. The monoisotopic (exact) mass is 277 g/mol. The lowest BCUT2D eigenvalue weighted by Crippen LogP contribution is -2.15. The molecule has 1 atom stereocenters. The highest BCUT2D eigenvalue weighted by Crippen LogP contribution is 2.25. The van der Waals surface area contributed by atoms with Crippen LogP contribution in [-0.4, -0.2) is 23.9 Å². The van der Waals surface area contributed by atoms with Gasteiger partial charge in [0.2, 0.25) is 5.91 Å². The molecule has 0 saturated carbocycles. The van der Waals surface area contributed by atoms with Crippen LogP contribution in [0, 0.1) is 23.0 Å². The quantitative estimate of drug-likeness (QED) is 0.638. The molecule has 6 nitrogen and oxygen atoms in total. The molecule has 0 aliphatic carbocycles. The number of nitrogens with one attached hydrogen (secondary N) is 2. The van der Waals surface area contributed by atoms with Crippen LogP contribution < -0.4 is 10.6 Å². The van der Waals surface area contributed by atoms with E-state index < -0.39 is 4.92 Å². The van der Waals surface area contributed by atoms with Crippen LogP contribution in [0.1, 0.15) is 24.8 Å². The van der Waals surface area contributed by atoms with Gasteiger partial charge in [0.05, 0.1) is 4.92 Å². The van der Waals surface area contributed by atoms with Gasteiger partial charge in [0.25, 0.3) is 5.69 Å². The lowest BCUT2D eigenvalue weighted by Gasteiger charge is -2.09. The number of carbonyl (C=O) groups is 1. The van der Waals surface area contributed by atoms with Crippen LogP contribution in [0.15, 0.2) is 18.2 Å². The van der Waals surface area contributed by atoms with Gasteiger partial charge in [-0.3, -0.25) is 14.9 Å². The first-order chi connectivity index (χ1) is 9.56. The number of nitro benzene ring substituents is 1. The first-order valence-electron chi connectivity index (χ1n) is 6.82. The highest BCUT2D eigenvalue weighted by Gasteiger charge is 2.18. The Hall–Kier alpha value is -1.95. The van der Waals surface area contributed by atoms with Gasteiger partial charge in [-0.1, -0.05) is 6.07 Å². The van der Waals surface area contributed by atoms with E-state index in [1.807, 2.05) is 0 Å². The third-order valence-corrected chi connectivity index (χ3v) is 3.57. The minimum Gasteiger partial charge on any atom is -0.320 e. The van der Waals surface area contributed by atoms with Gasteiger partial charge < -0.3 is 10.6 Å².